The second-order valence-corrected chi connectivity index (χ2v) is 10.4. The Labute approximate surface area is 217 Å². The van der Waals surface area contributed by atoms with Gasteiger partial charge in [0, 0.05) is 42.4 Å². The topological polar surface area (TPSA) is 84.8 Å². The quantitative estimate of drug-likeness (QED) is 0.437. The summed E-state index contributed by atoms with van der Waals surface area (Å²) in [6.07, 6.45) is 3.78. The molecule has 6 nitrogen and oxygen atoms in total. The Morgan fingerprint density at radius 2 is 1.76 bits per heavy atom. The average molecular weight is 528 g/mol. The molecule has 3 heterocycles. The lowest BCUT2D eigenvalue weighted by molar-refractivity contribution is -0.0569. The van der Waals surface area contributed by atoms with Crippen LogP contribution < -0.4 is 10.9 Å². The van der Waals surface area contributed by atoms with Crippen LogP contribution in [0.5, 0.6) is 0 Å². The third kappa shape index (κ3) is 5.68. The molecule has 1 atom stereocenters. The summed E-state index contributed by atoms with van der Waals surface area (Å²) in [6, 6.07) is 10.5. The molecule has 1 aromatic heterocycles. The van der Waals surface area contributed by atoms with E-state index in [-0.39, 0.29) is 36.3 Å². The number of hydrogen-bond donors (Lipinski definition) is 2. The molecule has 0 amide bonds. The monoisotopic (exact) mass is 527 g/mol. The minimum atomic E-state index is -2.49. The lowest BCUT2D eigenvalue weighted by Gasteiger charge is -2.43. The van der Waals surface area contributed by atoms with E-state index in [1.165, 1.54) is 30.3 Å². The lowest BCUT2D eigenvalue weighted by atomic mass is 9.82. The van der Waals surface area contributed by atoms with E-state index in [2.05, 4.69) is 20.4 Å². The van der Waals surface area contributed by atoms with Crippen molar-refractivity contribution in [2.45, 2.75) is 63.0 Å². The first-order chi connectivity index (χ1) is 18.2. The number of alkyl halides is 2. The van der Waals surface area contributed by atoms with Gasteiger partial charge in [-0.3, -0.25) is 4.79 Å². The molecular weight excluding hydrogens is 498 g/mol. The van der Waals surface area contributed by atoms with E-state index in [4.69, 9.17) is 5.26 Å². The average Bonchev–Trinajstić information content (AvgIpc) is 2.91. The zero-order chi connectivity index (χ0) is 26.9. The van der Waals surface area contributed by atoms with Crippen molar-refractivity contribution in [2.24, 2.45) is 5.92 Å². The molecule has 3 aromatic rings. The first-order valence-electron chi connectivity index (χ1n) is 13.0. The van der Waals surface area contributed by atoms with Gasteiger partial charge in [-0.1, -0.05) is 6.07 Å². The number of hydrogen-bond acceptors (Lipinski definition) is 5. The first kappa shape index (κ1) is 26.2. The van der Waals surface area contributed by atoms with Crippen LogP contribution in [0.15, 0.2) is 41.2 Å². The van der Waals surface area contributed by atoms with Crippen LogP contribution in [-0.4, -0.2) is 46.2 Å². The van der Waals surface area contributed by atoms with Crippen molar-refractivity contribution in [1.82, 2.24) is 15.1 Å². The second-order valence-electron chi connectivity index (χ2n) is 10.4. The predicted octanol–water partition coefficient (Wildman–Crippen LogP) is 5.39. The Balaban J connectivity index is 0.000000278. The molecule has 1 aliphatic carbocycles. The highest BCUT2D eigenvalue weighted by molar-refractivity contribution is 5.96. The van der Waals surface area contributed by atoms with Gasteiger partial charge in [0.15, 0.2) is 0 Å². The van der Waals surface area contributed by atoms with Crippen LogP contribution in [0.1, 0.15) is 49.8 Å². The molecule has 2 aromatic carbocycles. The number of nitriles is 1. The number of piperidine rings is 1. The van der Waals surface area contributed by atoms with Crippen molar-refractivity contribution in [3.05, 3.63) is 69.6 Å². The summed E-state index contributed by atoms with van der Waals surface area (Å²) in [7, 11) is 0. The van der Waals surface area contributed by atoms with E-state index in [1.807, 2.05) is 6.07 Å². The van der Waals surface area contributed by atoms with Gasteiger partial charge in [-0.2, -0.15) is 10.4 Å². The summed E-state index contributed by atoms with van der Waals surface area (Å²) in [5.41, 5.74) is 1.42. The normalized spacial score (nSPS) is 21.7. The number of aromatic amines is 1. The third-order valence-electron chi connectivity index (χ3n) is 7.98. The van der Waals surface area contributed by atoms with Gasteiger partial charge in [0.1, 0.15) is 11.6 Å². The van der Waals surface area contributed by atoms with Crippen molar-refractivity contribution >= 4 is 16.5 Å². The highest BCUT2D eigenvalue weighted by atomic mass is 19.3. The number of nitrogens with one attached hydrogen (secondary N) is 2. The van der Waals surface area contributed by atoms with Gasteiger partial charge in [-0.25, -0.2) is 22.7 Å². The standard InChI is InChI=1S/C21H25F3N4O.C7H4FN/c22-13-9-15-19-17(10-13)25-16(11-18(19)26-27-20(15)29)12-3-7-28(8-4-12)14-1-5-21(23,24)6-2-14;8-7-3-1-2-6(4-7)5-9/h9-10,12,14,16,25H,1-8,11H2,(H,27,29);1-4H. The van der Waals surface area contributed by atoms with Gasteiger partial charge >= 0.3 is 0 Å². The Kier molecular flexibility index (Phi) is 7.39. The van der Waals surface area contributed by atoms with E-state index in [1.54, 1.807) is 6.07 Å². The highest BCUT2D eigenvalue weighted by Crippen LogP contribution is 2.38. The molecule has 1 unspecified atom stereocenters. The van der Waals surface area contributed by atoms with Crippen LogP contribution >= 0.6 is 0 Å². The lowest BCUT2D eigenvalue weighted by Crippen LogP contribution is -2.47. The molecule has 3 aliphatic rings. The molecular formula is C28H29F4N5O. The molecule has 2 aliphatic heterocycles. The largest absolute Gasteiger partial charge is 0.381 e. The number of aromatic nitrogens is 2. The van der Waals surface area contributed by atoms with Gasteiger partial charge in [0.2, 0.25) is 5.92 Å². The van der Waals surface area contributed by atoms with E-state index in [9.17, 15) is 22.4 Å². The molecule has 200 valence electrons. The molecule has 0 radical (unpaired) electrons. The molecule has 1 saturated heterocycles. The summed E-state index contributed by atoms with van der Waals surface area (Å²) in [5, 5.41) is 19.5. The molecule has 2 fully saturated rings. The fraction of sp³-hybridized carbons (Fsp3) is 0.464. The van der Waals surface area contributed by atoms with Crippen molar-refractivity contribution in [3.63, 3.8) is 0 Å². The van der Waals surface area contributed by atoms with Gasteiger partial charge in [0.25, 0.3) is 5.56 Å². The molecule has 10 heteroatoms. The number of likely N-dealkylation sites (tertiary alicyclic amines) is 1. The van der Waals surface area contributed by atoms with Gasteiger partial charge < -0.3 is 10.2 Å². The number of benzene rings is 2. The van der Waals surface area contributed by atoms with Crippen molar-refractivity contribution in [2.75, 3.05) is 18.4 Å². The van der Waals surface area contributed by atoms with Crippen LogP contribution in [0.4, 0.5) is 23.2 Å². The molecule has 2 N–H and O–H groups in total. The van der Waals surface area contributed by atoms with E-state index < -0.39 is 11.7 Å². The summed E-state index contributed by atoms with van der Waals surface area (Å²) < 4.78 is 53.1. The number of H-pyrrole nitrogens is 1. The Hall–Kier alpha value is -3.45. The fourth-order valence-electron chi connectivity index (χ4n) is 5.97. The number of nitrogens with zero attached hydrogens (tertiary/aromatic N) is 3. The minimum Gasteiger partial charge on any atom is -0.381 e. The Morgan fingerprint density at radius 3 is 2.42 bits per heavy atom. The van der Waals surface area contributed by atoms with Crippen LogP contribution in [0.25, 0.3) is 10.8 Å². The predicted molar refractivity (Wildman–Crippen MR) is 136 cm³/mol. The van der Waals surface area contributed by atoms with Crippen molar-refractivity contribution < 1.29 is 17.6 Å². The number of anilines is 1. The van der Waals surface area contributed by atoms with E-state index in [0.717, 1.165) is 31.6 Å². The van der Waals surface area contributed by atoms with Crippen molar-refractivity contribution in [1.29, 1.82) is 5.26 Å². The molecule has 38 heavy (non-hydrogen) atoms. The Bertz CT molecular complexity index is 1400. The van der Waals surface area contributed by atoms with Gasteiger partial charge in [0.05, 0.1) is 22.7 Å². The van der Waals surface area contributed by atoms with Crippen LogP contribution in [0.3, 0.4) is 0 Å². The first-order valence-corrected chi connectivity index (χ1v) is 13.0. The van der Waals surface area contributed by atoms with E-state index in [0.29, 0.717) is 47.2 Å². The summed E-state index contributed by atoms with van der Waals surface area (Å²) >= 11 is 0. The maximum Gasteiger partial charge on any atom is 0.272 e. The Morgan fingerprint density at radius 1 is 1.03 bits per heavy atom. The third-order valence-corrected chi connectivity index (χ3v) is 7.98. The zero-order valence-electron chi connectivity index (χ0n) is 20.8. The number of rotatable bonds is 2. The van der Waals surface area contributed by atoms with E-state index >= 15 is 0 Å². The zero-order valence-corrected chi connectivity index (χ0v) is 20.8. The second kappa shape index (κ2) is 10.7. The summed E-state index contributed by atoms with van der Waals surface area (Å²) in [4.78, 5) is 14.4. The maximum atomic E-state index is 14.0. The SMILES string of the molecule is N#Cc1cccc(F)c1.O=c1[nH]nc2c3c(cc(F)cc13)NC(C1CCN(C3CCC(F)(F)CC3)CC1)C2. The van der Waals surface area contributed by atoms with Gasteiger partial charge in [-0.15, -0.1) is 0 Å². The van der Waals surface area contributed by atoms with Crippen molar-refractivity contribution in [3.8, 4) is 6.07 Å². The van der Waals surface area contributed by atoms with Crippen LogP contribution in [0.2, 0.25) is 0 Å². The highest BCUT2D eigenvalue weighted by Gasteiger charge is 2.39. The molecule has 1 saturated carbocycles. The number of halogens is 4. The maximum absolute atomic E-state index is 14.0. The summed E-state index contributed by atoms with van der Waals surface area (Å²) in [6.45, 7) is 1.81. The molecule has 0 spiro atoms. The summed E-state index contributed by atoms with van der Waals surface area (Å²) in [5.74, 6) is -2.89. The molecule has 0 bridgehead atoms. The van der Waals surface area contributed by atoms with Gasteiger partial charge in [-0.05, 0) is 75.0 Å². The molecule has 6 rings (SSSR count). The smallest absolute Gasteiger partial charge is 0.272 e. The van der Waals surface area contributed by atoms with Crippen LogP contribution in [0, 0.1) is 28.9 Å². The fourth-order valence-corrected chi connectivity index (χ4v) is 5.97. The minimum absolute atomic E-state index is 0.00198. The van der Waals surface area contributed by atoms with Crippen LogP contribution in [-0.2, 0) is 6.42 Å².